The van der Waals surface area contributed by atoms with Gasteiger partial charge in [0.05, 0.1) is 0 Å². The Labute approximate surface area is 75.7 Å². The summed E-state index contributed by atoms with van der Waals surface area (Å²) in [6.07, 6.45) is 1.79. The van der Waals surface area contributed by atoms with Crippen LogP contribution in [0.25, 0.3) is 6.08 Å². The fourth-order valence-electron chi connectivity index (χ4n) is 1.13. The summed E-state index contributed by atoms with van der Waals surface area (Å²) >= 11 is 0. The second kappa shape index (κ2) is 3.62. The SMILES string of the molecule is [B]c1ccc(C(C)C)cc1C=C. The fraction of sp³-hybridized carbons (Fsp3) is 0.273. The van der Waals surface area contributed by atoms with Crippen LogP contribution in [0.15, 0.2) is 24.8 Å². The molecule has 1 heteroatoms. The maximum atomic E-state index is 5.73. The summed E-state index contributed by atoms with van der Waals surface area (Å²) in [7, 11) is 5.73. The van der Waals surface area contributed by atoms with E-state index in [-0.39, 0.29) is 0 Å². The Balaban J connectivity index is 3.13. The highest BCUT2D eigenvalue weighted by Crippen LogP contribution is 2.14. The monoisotopic (exact) mass is 156 g/mol. The van der Waals surface area contributed by atoms with Crippen LogP contribution in [0.4, 0.5) is 0 Å². The molecule has 0 N–H and O–H groups in total. The quantitative estimate of drug-likeness (QED) is 0.576. The van der Waals surface area contributed by atoms with Crippen molar-refractivity contribution in [2.24, 2.45) is 0 Å². The zero-order valence-corrected chi connectivity index (χ0v) is 7.67. The molecular weight excluding hydrogens is 143 g/mol. The molecule has 0 amide bonds. The van der Waals surface area contributed by atoms with E-state index in [2.05, 4.69) is 32.6 Å². The second-order valence-corrected chi connectivity index (χ2v) is 3.25. The smallest absolute Gasteiger partial charge is 0.0985 e. The maximum Gasteiger partial charge on any atom is 0.114 e. The van der Waals surface area contributed by atoms with Gasteiger partial charge in [0.2, 0.25) is 0 Å². The molecule has 12 heavy (non-hydrogen) atoms. The molecule has 0 saturated heterocycles. The molecule has 1 aromatic carbocycles. The molecule has 0 aromatic heterocycles. The first-order valence-corrected chi connectivity index (χ1v) is 4.17. The molecule has 60 valence electrons. The van der Waals surface area contributed by atoms with Gasteiger partial charge in [0, 0.05) is 0 Å². The van der Waals surface area contributed by atoms with Crippen LogP contribution >= 0.6 is 0 Å². The molecule has 0 bridgehead atoms. The van der Waals surface area contributed by atoms with Gasteiger partial charge in [-0.1, -0.05) is 50.2 Å². The van der Waals surface area contributed by atoms with Gasteiger partial charge in [0.1, 0.15) is 7.85 Å². The van der Waals surface area contributed by atoms with Crippen LogP contribution in [-0.2, 0) is 0 Å². The molecule has 0 aliphatic carbocycles. The van der Waals surface area contributed by atoms with Crippen LogP contribution in [0, 0.1) is 0 Å². The normalized spacial score (nSPS) is 10.2. The van der Waals surface area contributed by atoms with Crippen molar-refractivity contribution in [3.63, 3.8) is 0 Å². The second-order valence-electron chi connectivity index (χ2n) is 3.25. The lowest BCUT2D eigenvalue weighted by Crippen LogP contribution is -2.07. The van der Waals surface area contributed by atoms with Gasteiger partial charge >= 0.3 is 0 Å². The number of rotatable bonds is 2. The van der Waals surface area contributed by atoms with Crippen LogP contribution in [0.3, 0.4) is 0 Å². The summed E-state index contributed by atoms with van der Waals surface area (Å²) in [6.45, 7) is 8.04. The lowest BCUT2D eigenvalue weighted by molar-refractivity contribution is 0.867. The van der Waals surface area contributed by atoms with E-state index in [0.29, 0.717) is 5.92 Å². The van der Waals surface area contributed by atoms with Crippen molar-refractivity contribution < 1.29 is 0 Å². The number of hydrogen-bond donors (Lipinski definition) is 0. The minimum Gasteiger partial charge on any atom is -0.0985 e. The van der Waals surface area contributed by atoms with Gasteiger partial charge in [0.15, 0.2) is 0 Å². The minimum atomic E-state index is 0.546. The van der Waals surface area contributed by atoms with Gasteiger partial charge in [-0.25, -0.2) is 0 Å². The molecule has 0 aliphatic heterocycles. The van der Waals surface area contributed by atoms with E-state index in [1.54, 1.807) is 6.08 Å². The molecule has 0 aliphatic rings. The molecular formula is C11H13B. The van der Waals surface area contributed by atoms with Gasteiger partial charge in [-0.15, -0.1) is 0 Å². The first-order valence-electron chi connectivity index (χ1n) is 4.17. The lowest BCUT2D eigenvalue weighted by Gasteiger charge is -2.08. The van der Waals surface area contributed by atoms with Crippen molar-refractivity contribution in [2.45, 2.75) is 19.8 Å². The third-order valence-corrected chi connectivity index (χ3v) is 2.00. The summed E-state index contributed by atoms with van der Waals surface area (Å²) < 4.78 is 0. The van der Waals surface area contributed by atoms with Crippen LogP contribution in [-0.4, -0.2) is 7.85 Å². The van der Waals surface area contributed by atoms with Gasteiger partial charge in [-0.3, -0.25) is 0 Å². The van der Waals surface area contributed by atoms with Gasteiger partial charge in [-0.2, -0.15) is 0 Å². The topological polar surface area (TPSA) is 0 Å². The predicted octanol–water partition coefficient (Wildman–Crippen LogP) is 2.25. The minimum absolute atomic E-state index is 0.546. The standard InChI is InChI=1S/C11H13B/c1-4-9-7-10(8(2)3)5-6-11(9)12/h4-8H,1H2,2-3H3. The maximum absolute atomic E-state index is 5.73. The zero-order valence-electron chi connectivity index (χ0n) is 7.67. The molecule has 1 rings (SSSR count). The van der Waals surface area contributed by atoms with Crippen molar-refractivity contribution in [3.05, 3.63) is 35.9 Å². The van der Waals surface area contributed by atoms with E-state index in [9.17, 15) is 0 Å². The zero-order chi connectivity index (χ0) is 9.14. The van der Waals surface area contributed by atoms with Crippen molar-refractivity contribution in [1.29, 1.82) is 0 Å². The molecule has 0 nitrogen and oxygen atoms in total. The van der Waals surface area contributed by atoms with Crippen LogP contribution in [0.2, 0.25) is 0 Å². The summed E-state index contributed by atoms with van der Waals surface area (Å²) in [6, 6.07) is 6.09. The fourth-order valence-corrected chi connectivity index (χ4v) is 1.13. The number of benzene rings is 1. The molecule has 0 atom stereocenters. The average molecular weight is 156 g/mol. The molecule has 1 aromatic rings. The van der Waals surface area contributed by atoms with E-state index >= 15 is 0 Å². The largest absolute Gasteiger partial charge is 0.114 e. The van der Waals surface area contributed by atoms with Gasteiger partial charge in [0.25, 0.3) is 0 Å². The Morgan fingerprint density at radius 1 is 1.42 bits per heavy atom. The van der Waals surface area contributed by atoms with E-state index in [1.807, 2.05) is 6.07 Å². The Morgan fingerprint density at radius 3 is 2.58 bits per heavy atom. The average Bonchev–Trinajstić information content (AvgIpc) is 2.05. The Kier molecular flexibility index (Phi) is 2.75. The Morgan fingerprint density at radius 2 is 2.08 bits per heavy atom. The van der Waals surface area contributed by atoms with Crippen LogP contribution in [0.1, 0.15) is 30.9 Å². The Bertz CT molecular complexity index is 287. The molecule has 0 spiro atoms. The molecule has 0 fully saturated rings. The first kappa shape index (κ1) is 9.12. The van der Waals surface area contributed by atoms with Crippen LogP contribution < -0.4 is 5.46 Å². The van der Waals surface area contributed by atoms with Crippen molar-refractivity contribution in [1.82, 2.24) is 0 Å². The number of hydrogen-bond acceptors (Lipinski definition) is 0. The third kappa shape index (κ3) is 1.79. The predicted molar refractivity (Wildman–Crippen MR) is 56.0 cm³/mol. The van der Waals surface area contributed by atoms with Crippen molar-refractivity contribution in [3.8, 4) is 0 Å². The lowest BCUT2D eigenvalue weighted by atomic mass is 9.87. The highest BCUT2D eigenvalue weighted by atomic mass is 14.0. The van der Waals surface area contributed by atoms with Gasteiger partial charge < -0.3 is 0 Å². The van der Waals surface area contributed by atoms with Crippen molar-refractivity contribution >= 4 is 19.4 Å². The van der Waals surface area contributed by atoms with E-state index in [1.165, 1.54) is 5.56 Å². The summed E-state index contributed by atoms with van der Waals surface area (Å²) in [5.74, 6) is 0.546. The summed E-state index contributed by atoms with van der Waals surface area (Å²) in [4.78, 5) is 0. The Hall–Kier alpha value is -0.975. The van der Waals surface area contributed by atoms with Crippen molar-refractivity contribution in [2.75, 3.05) is 0 Å². The molecule has 2 radical (unpaired) electrons. The van der Waals surface area contributed by atoms with E-state index in [4.69, 9.17) is 7.85 Å². The molecule has 0 heterocycles. The highest BCUT2D eigenvalue weighted by molar-refractivity contribution is 6.34. The first-order chi connectivity index (χ1) is 5.65. The molecule has 0 unspecified atom stereocenters. The summed E-state index contributed by atoms with van der Waals surface area (Å²) in [5.41, 5.74) is 3.13. The van der Waals surface area contributed by atoms with E-state index in [0.717, 1.165) is 11.0 Å². The van der Waals surface area contributed by atoms with Gasteiger partial charge in [-0.05, 0) is 17.0 Å². The molecule has 0 saturated carbocycles. The highest BCUT2D eigenvalue weighted by Gasteiger charge is 2.00. The summed E-state index contributed by atoms with van der Waals surface area (Å²) in [5, 5.41) is 0. The third-order valence-electron chi connectivity index (χ3n) is 2.00. The van der Waals surface area contributed by atoms with E-state index < -0.39 is 0 Å². The van der Waals surface area contributed by atoms with Crippen LogP contribution in [0.5, 0.6) is 0 Å².